The summed E-state index contributed by atoms with van der Waals surface area (Å²) in [5.74, 6) is 1.25. The smallest absolute Gasteiger partial charge is 0.302 e. The van der Waals surface area contributed by atoms with E-state index in [2.05, 4.69) is 0 Å². The topological polar surface area (TPSA) is 54.0 Å². The van der Waals surface area contributed by atoms with Crippen molar-refractivity contribution in [3.05, 3.63) is 17.7 Å². The van der Waals surface area contributed by atoms with E-state index >= 15 is 0 Å². The van der Waals surface area contributed by atoms with Crippen LogP contribution in [0.15, 0.2) is 12.1 Å². The van der Waals surface area contributed by atoms with E-state index < -0.39 is 0 Å². The van der Waals surface area contributed by atoms with Gasteiger partial charge in [-0.15, -0.1) is 0 Å². The van der Waals surface area contributed by atoms with Gasteiger partial charge in [0.25, 0.3) is 0 Å². The molecule has 0 unspecified atom stereocenters. The average Bonchev–Trinajstić information content (AvgIpc) is 2.34. The molecule has 0 saturated carbocycles. The van der Waals surface area contributed by atoms with E-state index in [1.807, 2.05) is 0 Å². The second-order valence-electron chi connectivity index (χ2n) is 3.31. The minimum absolute atomic E-state index is 0.173. The molecule has 0 atom stereocenters. The standard InChI is InChI=1S/C12H16O5/c1-8(13)17-7-9-5-10(14-2)12(16-4)11(6-9)15-3/h5-6H,7H2,1-4H3. The zero-order valence-corrected chi connectivity index (χ0v) is 10.4. The lowest BCUT2D eigenvalue weighted by molar-refractivity contribution is -0.142. The van der Waals surface area contributed by atoms with E-state index in [0.717, 1.165) is 5.56 Å². The summed E-state index contributed by atoms with van der Waals surface area (Å²) in [6.07, 6.45) is 0. The Morgan fingerprint density at radius 2 is 1.59 bits per heavy atom. The lowest BCUT2D eigenvalue weighted by Crippen LogP contribution is -2.01. The number of hydrogen-bond donors (Lipinski definition) is 0. The molecule has 0 spiro atoms. The van der Waals surface area contributed by atoms with Gasteiger partial charge in [0.1, 0.15) is 6.61 Å². The summed E-state index contributed by atoms with van der Waals surface area (Å²) in [7, 11) is 4.60. The van der Waals surface area contributed by atoms with Gasteiger partial charge in [0.05, 0.1) is 21.3 Å². The summed E-state index contributed by atoms with van der Waals surface area (Å²) in [6.45, 7) is 1.53. The zero-order valence-electron chi connectivity index (χ0n) is 10.4. The summed E-state index contributed by atoms with van der Waals surface area (Å²) in [5, 5.41) is 0. The molecular weight excluding hydrogens is 224 g/mol. The van der Waals surface area contributed by atoms with Gasteiger partial charge in [0.2, 0.25) is 5.75 Å². The molecule has 0 N–H and O–H groups in total. The van der Waals surface area contributed by atoms with E-state index in [9.17, 15) is 4.79 Å². The van der Waals surface area contributed by atoms with Crippen molar-refractivity contribution >= 4 is 5.97 Å². The molecule has 0 radical (unpaired) electrons. The molecule has 0 fully saturated rings. The van der Waals surface area contributed by atoms with Crippen molar-refractivity contribution in [3.63, 3.8) is 0 Å². The Kier molecular flexibility index (Phi) is 4.63. The van der Waals surface area contributed by atoms with Gasteiger partial charge in [0.15, 0.2) is 11.5 Å². The number of esters is 1. The molecular formula is C12H16O5. The Hall–Kier alpha value is -1.91. The Bertz CT molecular complexity index is 375. The first-order chi connectivity index (χ1) is 8.12. The molecule has 94 valence electrons. The number of ether oxygens (including phenoxy) is 4. The molecule has 1 rings (SSSR count). The first-order valence-corrected chi connectivity index (χ1v) is 5.04. The van der Waals surface area contributed by atoms with Gasteiger partial charge in [-0.3, -0.25) is 4.79 Å². The van der Waals surface area contributed by atoms with Crippen LogP contribution in [0.1, 0.15) is 12.5 Å². The molecule has 0 heterocycles. The van der Waals surface area contributed by atoms with Crippen LogP contribution in [0.2, 0.25) is 0 Å². The largest absolute Gasteiger partial charge is 0.493 e. The number of benzene rings is 1. The van der Waals surface area contributed by atoms with Crippen LogP contribution >= 0.6 is 0 Å². The number of methoxy groups -OCH3 is 3. The Morgan fingerprint density at radius 3 is 1.94 bits per heavy atom. The lowest BCUT2D eigenvalue weighted by atomic mass is 10.2. The second kappa shape index (κ2) is 5.98. The molecule has 1 aromatic carbocycles. The van der Waals surface area contributed by atoms with Gasteiger partial charge in [-0.05, 0) is 17.7 Å². The maximum Gasteiger partial charge on any atom is 0.302 e. The predicted octanol–water partition coefficient (Wildman–Crippen LogP) is 1.78. The summed E-state index contributed by atoms with van der Waals surface area (Å²) < 4.78 is 20.5. The van der Waals surface area contributed by atoms with Gasteiger partial charge in [-0.25, -0.2) is 0 Å². The number of hydrogen-bond acceptors (Lipinski definition) is 5. The minimum atomic E-state index is -0.334. The van der Waals surface area contributed by atoms with Crippen LogP contribution in [-0.2, 0) is 16.1 Å². The SMILES string of the molecule is COc1cc(COC(C)=O)cc(OC)c1OC. The van der Waals surface area contributed by atoms with Crippen LogP contribution in [0.5, 0.6) is 17.2 Å². The van der Waals surface area contributed by atoms with Crippen LogP contribution in [0, 0.1) is 0 Å². The van der Waals surface area contributed by atoms with Crippen molar-refractivity contribution in [2.24, 2.45) is 0 Å². The summed E-state index contributed by atoms with van der Waals surface area (Å²) in [4.78, 5) is 10.7. The monoisotopic (exact) mass is 240 g/mol. The highest BCUT2D eigenvalue weighted by Gasteiger charge is 2.13. The highest BCUT2D eigenvalue weighted by molar-refractivity contribution is 5.66. The van der Waals surface area contributed by atoms with Crippen LogP contribution < -0.4 is 14.2 Å². The Balaban J connectivity index is 3.04. The summed E-state index contributed by atoms with van der Waals surface area (Å²) in [5.41, 5.74) is 0.773. The first-order valence-electron chi connectivity index (χ1n) is 5.04. The van der Waals surface area contributed by atoms with E-state index in [1.165, 1.54) is 28.3 Å². The molecule has 17 heavy (non-hydrogen) atoms. The highest BCUT2D eigenvalue weighted by Crippen LogP contribution is 2.38. The fraction of sp³-hybridized carbons (Fsp3) is 0.417. The maximum absolute atomic E-state index is 10.7. The third kappa shape index (κ3) is 3.27. The van der Waals surface area contributed by atoms with E-state index in [1.54, 1.807) is 12.1 Å². The van der Waals surface area contributed by atoms with Crippen molar-refractivity contribution in [3.8, 4) is 17.2 Å². The van der Waals surface area contributed by atoms with Gasteiger partial charge >= 0.3 is 5.97 Å². The number of carbonyl (C=O) groups excluding carboxylic acids is 1. The zero-order chi connectivity index (χ0) is 12.8. The molecule has 0 aliphatic rings. The third-order valence-electron chi connectivity index (χ3n) is 2.17. The second-order valence-corrected chi connectivity index (χ2v) is 3.31. The molecule has 5 nitrogen and oxygen atoms in total. The molecule has 0 aliphatic heterocycles. The van der Waals surface area contributed by atoms with Gasteiger partial charge in [-0.1, -0.05) is 0 Å². The molecule has 0 aromatic heterocycles. The van der Waals surface area contributed by atoms with Gasteiger partial charge in [0, 0.05) is 6.92 Å². The molecule has 0 aliphatic carbocycles. The fourth-order valence-electron chi connectivity index (χ4n) is 1.40. The highest BCUT2D eigenvalue weighted by atomic mass is 16.5. The van der Waals surface area contributed by atoms with Crippen LogP contribution in [-0.4, -0.2) is 27.3 Å². The minimum Gasteiger partial charge on any atom is -0.493 e. The molecule has 0 bridgehead atoms. The molecule has 5 heteroatoms. The van der Waals surface area contributed by atoms with E-state index in [4.69, 9.17) is 18.9 Å². The van der Waals surface area contributed by atoms with Crippen molar-refractivity contribution in [2.45, 2.75) is 13.5 Å². The maximum atomic E-state index is 10.7. The Morgan fingerprint density at radius 1 is 1.06 bits per heavy atom. The van der Waals surface area contributed by atoms with Crippen LogP contribution in [0.25, 0.3) is 0 Å². The van der Waals surface area contributed by atoms with Crippen LogP contribution in [0.3, 0.4) is 0 Å². The van der Waals surface area contributed by atoms with Crippen molar-refractivity contribution in [1.29, 1.82) is 0 Å². The van der Waals surface area contributed by atoms with Crippen molar-refractivity contribution in [1.82, 2.24) is 0 Å². The van der Waals surface area contributed by atoms with Gasteiger partial charge in [-0.2, -0.15) is 0 Å². The molecule has 1 aromatic rings. The third-order valence-corrected chi connectivity index (χ3v) is 2.17. The summed E-state index contributed by atoms with van der Waals surface area (Å²) >= 11 is 0. The Labute approximate surface area is 100 Å². The number of rotatable bonds is 5. The molecule has 0 amide bonds. The first kappa shape index (κ1) is 13.2. The summed E-state index contributed by atoms with van der Waals surface area (Å²) in [6, 6.07) is 3.48. The number of carbonyl (C=O) groups is 1. The normalized spacial score (nSPS) is 9.65. The quantitative estimate of drug-likeness (QED) is 0.734. The van der Waals surface area contributed by atoms with Gasteiger partial charge < -0.3 is 18.9 Å². The van der Waals surface area contributed by atoms with Crippen molar-refractivity contribution in [2.75, 3.05) is 21.3 Å². The average molecular weight is 240 g/mol. The van der Waals surface area contributed by atoms with Crippen molar-refractivity contribution < 1.29 is 23.7 Å². The lowest BCUT2D eigenvalue weighted by Gasteiger charge is -2.13. The fourth-order valence-corrected chi connectivity index (χ4v) is 1.40. The van der Waals surface area contributed by atoms with E-state index in [0.29, 0.717) is 17.2 Å². The molecule has 0 saturated heterocycles. The van der Waals surface area contributed by atoms with E-state index in [-0.39, 0.29) is 12.6 Å². The van der Waals surface area contributed by atoms with Crippen LogP contribution in [0.4, 0.5) is 0 Å². The predicted molar refractivity (Wildman–Crippen MR) is 61.6 cm³/mol.